The van der Waals surface area contributed by atoms with E-state index in [0.717, 1.165) is 0 Å². The van der Waals surface area contributed by atoms with Gasteiger partial charge in [-0.05, 0) is 12.1 Å². The number of nitriles is 1. The van der Waals surface area contributed by atoms with Crippen molar-refractivity contribution in [1.29, 1.82) is 5.26 Å². The van der Waals surface area contributed by atoms with E-state index < -0.39 is 24.2 Å². The summed E-state index contributed by atoms with van der Waals surface area (Å²) in [5, 5.41) is 12.3. The number of hydrazone groups is 1. The number of benzene rings is 2. The lowest BCUT2D eigenvalue weighted by Crippen LogP contribution is -2.23. The molecule has 1 amide bonds. The summed E-state index contributed by atoms with van der Waals surface area (Å²) in [6.07, 6.45) is 0. The van der Waals surface area contributed by atoms with Crippen molar-refractivity contribution in [1.82, 2.24) is 0 Å². The Labute approximate surface area is 148 Å². The number of carbonyl (C=O) groups is 3. The third kappa shape index (κ3) is 4.75. The summed E-state index contributed by atoms with van der Waals surface area (Å²) in [6.45, 7) is -0.425. The Morgan fingerprint density at radius 1 is 1.08 bits per heavy atom. The van der Waals surface area contributed by atoms with Gasteiger partial charge in [0.05, 0.1) is 11.3 Å². The van der Waals surface area contributed by atoms with Crippen molar-refractivity contribution in [3.8, 4) is 6.07 Å². The molecule has 0 saturated heterocycles. The maximum atomic E-state index is 12.2. The number of anilines is 1. The van der Waals surface area contributed by atoms with Crippen LogP contribution in [0.25, 0.3) is 0 Å². The quantitative estimate of drug-likeness (QED) is 0.336. The Bertz CT molecular complexity index is 901. The SMILES string of the molecule is N#C/C(=N\Nc1ccccc1C(=O)OCC(=O)c1ccccc1)C(N)=O. The molecule has 0 fully saturated rings. The van der Waals surface area contributed by atoms with Crippen molar-refractivity contribution >= 4 is 29.1 Å². The number of esters is 1. The topological polar surface area (TPSA) is 135 Å². The molecular formula is C18H14N4O4. The maximum absolute atomic E-state index is 12.2. The van der Waals surface area contributed by atoms with Gasteiger partial charge in [-0.2, -0.15) is 10.4 Å². The van der Waals surface area contributed by atoms with Gasteiger partial charge in [0.25, 0.3) is 5.91 Å². The van der Waals surface area contributed by atoms with E-state index in [-0.39, 0.29) is 17.0 Å². The van der Waals surface area contributed by atoms with Gasteiger partial charge in [0.2, 0.25) is 5.71 Å². The molecule has 0 spiro atoms. The normalized spacial score (nSPS) is 10.5. The van der Waals surface area contributed by atoms with Crippen molar-refractivity contribution in [2.24, 2.45) is 10.8 Å². The number of ether oxygens (including phenoxy) is 1. The molecule has 2 aromatic carbocycles. The molecule has 0 unspecified atom stereocenters. The molecule has 2 rings (SSSR count). The lowest BCUT2D eigenvalue weighted by atomic mass is 10.1. The van der Waals surface area contributed by atoms with E-state index in [1.54, 1.807) is 42.5 Å². The highest BCUT2D eigenvalue weighted by molar-refractivity contribution is 6.44. The molecule has 0 aliphatic carbocycles. The summed E-state index contributed by atoms with van der Waals surface area (Å²) in [5.74, 6) is -2.11. The minimum absolute atomic E-state index is 0.0823. The number of para-hydroxylation sites is 1. The van der Waals surface area contributed by atoms with Crippen LogP contribution in [0.15, 0.2) is 59.7 Å². The predicted molar refractivity (Wildman–Crippen MR) is 93.4 cm³/mol. The molecule has 26 heavy (non-hydrogen) atoms. The summed E-state index contributed by atoms with van der Waals surface area (Å²) >= 11 is 0. The van der Waals surface area contributed by atoms with Gasteiger partial charge in [-0.15, -0.1) is 0 Å². The van der Waals surface area contributed by atoms with Gasteiger partial charge >= 0.3 is 5.97 Å². The molecule has 130 valence electrons. The third-order valence-electron chi connectivity index (χ3n) is 3.20. The second-order valence-electron chi connectivity index (χ2n) is 4.96. The zero-order valence-electron chi connectivity index (χ0n) is 13.5. The number of Topliss-reactive ketones (excluding diaryl/α,β-unsaturated/α-hetero) is 1. The average Bonchev–Trinajstić information content (AvgIpc) is 2.67. The smallest absolute Gasteiger partial charge is 0.340 e. The number of nitrogens with one attached hydrogen (secondary N) is 1. The molecular weight excluding hydrogens is 336 g/mol. The predicted octanol–water partition coefficient (Wildman–Crippen LogP) is 1.50. The van der Waals surface area contributed by atoms with E-state index >= 15 is 0 Å². The van der Waals surface area contributed by atoms with Crippen LogP contribution in [0.2, 0.25) is 0 Å². The van der Waals surface area contributed by atoms with Crippen LogP contribution in [0.4, 0.5) is 5.69 Å². The Morgan fingerprint density at radius 2 is 1.73 bits per heavy atom. The summed E-state index contributed by atoms with van der Waals surface area (Å²) in [7, 11) is 0. The fourth-order valence-corrected chi connectivity index (χ4v) is 1.93. The average molecular weight is 350 g/mol. The van der Waals surface area contributed by atoms with Crippen LogP contribution < -0.4 is 11.2 Å². The lowest BCUT2D eigenvalue weighted by molar-refractivity contribution is -0.111. The molecule has 0 heterocycles. The van der Waals surface area contributed by atoms with Gasteiger partial charge in [-0.3, -0.25) is 15.0 Å². The third-order valence-corrected chi connectivity index (χ3v) is 3.20. The Kier molecular flexibility index (Phi) is 6.17. The molecule has 0 bridgehead atoms. The maximum Gasteiger partial charge on any atom is 0.340 e. The molecule has 8 nitrogen and oxygen atoms in total. The van der Waals surface area contributed by atoms with Crippen LogP contribution in [-0.2, 0) is 9.53 Å². The van der Waals surface area contributed by atoms with E-state index in [9.17, 15) is 14.4 Å². The molecule has 0 aliphatic heterocycles. The van der Waals surface area contributed by atoms with Crippen molar-refractivity contribution in [2.75, 3.05) is 12.0 Å². The number of nitrogens with zero attached hydrogens (tertiary/aromatic N) is 2. The number of amides is 1. The molecule has 2 aromatic rings. The second-order valence-corrected chi connectivity index (χ2v) is 4.96. The van der Waals surface area contributed by atoms with Gasteiger partial charge in [-0.1, -0.05) is 42.5 Å². The molecule has 0 radical (unpaired) electrons. The van der Waals surface area contributed by atoms with E-state index in [1.165, 1.54) is 18.2 Å². The van der Waals surface area contributed by atoms with Crippen molar-refractivity contribution in [3.63, 3.8) is 0 Å². The fourth-order valence-electron chi connectivity index (χ4n) is 1.93. The second kappa shape index (κ2) is 8.75. The van der Waals surface area contributed by atoms with Gasteiger partial charge in [0, 0.05) is 5.56 Å². The number of ketones is 1. The fraction of sp³-hybridized carbons (Fsp3) is 0.0556. The largest absolute Gasteiger partial charge is 0.454 e. The van der Waals surface area contributed by atoms with Gasteiger partial charge in [0.15, 0.2) is 12.4 Å². The number of rotatable bonds is 7. The summed E-state index contributed by atoms with van der Waals surface area (Å²) in [5.41, 5.74) is 7.56. The number of hydrogen-bond donors (Lipinski definition) is 2. The standard InChI is InChI=1S/C18H14N4O4/c19-10-15(17(20)24)22-21-14-9-5-4-8-13(14)18(25)26-11-16(23)12-6-2-1-3-7-12/h1-9,21H,11H2,(H2,20,24)/b22-15+. The van der Waals surface area contributed by atoms with Crippen molar-refractivity contribution in [3.05, 3.63) is 65.7 Å². The van der Waals surface area contributed by atoms with E-state index in [4.69, 9.17) is 15.7 Å². The minimum Gasteiger partial charge on any atom is -0.454 e. The molecule has 0 atom stereocenters. The zero-order valence-corrected chi connectivity index (χ0v) is 13.5. The van der Waals surface area contributed by atoms with E-state index in [0.29, 0.717) is 5.56 Å². The molecule has 3 N–H and O–H groups in total. The van der Waals surface area contributed by atoms with E-state index in [2.05, 4.69) is 10.5 Å². The van der Waals surface area contributed by atoms with Crippen LogP contribution in [-0.4, -0.2) is 30.0 Å². The molecule has 8 heteroatoms. The first-order valence-electron chi connectivity index (χ1n) is 7.41. The minimum atomic E-state index is -1.01. The Balaban J connectivity index is 2.09. The van der Waals surface area contributed by atoms with Crippen LogP contribution >= 0.6 is 0 Å². The van der Waals surface area contributed by atoms with Crippen molar-refractivity contribution < 1.29 is 19.1 Å². The zero-order chi connectivity index (χ0) is 18.9. The van der Waals surface area contributed by atoms with E-state index in [1.807, 2.05) is 0 Å². The molecule has 0 aromatic heterocycles. The summed E-state index contributed by atoms with van der Waals surface area (Å²) in [4.78, 5) is 35.2. The van der Waals surface area contributed by atoms with Crippen LogP contribution in [0.5, 0.6) is 0 Å². The van der Waals surface area contributed by atoms with Gasteiger partial charge < -0.3 is 10.5 Å². The number of carbonyl (C=O) groups excluding carboxylic acids is 3. The number of primary amides is 1. The lowest BCUT2D eigenvalue weighted by Gasteiger charge is -2.09. The first kappa shape index (κ1) is 18.4. The van der Waals surface area contributed by atoms with Gasteiger partial charge in [0.1, 0.15) is 6.07 Å². The summed E-state index contributed by atoms with van der Waals surface area (Å²) in [6, 6.07) is 16.1. The molecule has 0 aliphatic rings. The first-order chi connectivity index (χ1) is 12.5. The highest BCUT2D eigenvalue weighted by Crippen LogP contribution is 2.16. The Hall–Kier alpha value is -3.99. The van der Waals surface area contributed by atoms with Crippen LogP contribution in [0.1, 0.15) is 20.7 Å². The van der Waals surface area contributed by atoms with Crippen LogP contribution in [0.3, 0.4) is 0 Å². The van der Waals surface area contributed by atoms with Crippen LogP contribution in [0, 0.1) is 11.3 Å². The highest BCUT2D eigenvalue weighted by Gasteiger charge is 2.15. The highest BCUT2D eigenvalue weighted by atomic mass is 16.5. The molecule has 0 saturated carbocycles. The number of nitrogens with two attached hydrogens (primary N) is 1. The van der Waals surface area contributed by atoms with Crippen molar-refractivity contribution in [2.45, 2.75) is 0 Å². The first-order valence-corrected chi connectivity index (χ1v) is 7.41. The monoisotopic (exact) mass is 350 g/mol. The summed E-state index contributed by atoms with van der Waals surface area (Å²) < 4.78 is 5.03. The number of hydrogen-bond acceptors (Lipinski definition) is 7. The van der Waals surface area contributed by atoms with Gasteiger partial charge in [-0.25, -0.2) is 4.79 Å². The Morgan fingerprint density at radius 3 is 2.38 bits per heavy atom.